The summed E-state index contributed by atoms with van der Waals surface area (Å²) < 4.78 is 0. The monoisotopic (exact) mass is 341 g/mol. The molecular formula is C21H27NO3. The van der Waals surface area contributed by atoms with E-state index in [0.29, 0.717) is 0 Å². The normalized spacial score (nSPS) is 26.6. The van der Waals surface area contributed by atoms with E-state index in [9.17, 15) is 14.7 Å². The van der Waals surface area contributed by atoms with E-state index in [1.165, 1.54) is 11.1 Å². The van der Waals surface area contributed by atoms with Crippen LogP contribution in [0.25, 0.3) is 0 Å². The van der Waals surface area contributed by atoms with Crippen LogP contribution in [0.3, 0.4) is 0 Å². The molecule has 3 fully saturated rings. The zero-order valence-electron chi connectivity index (χ0n) is 15.0. The molecule has 134 valence electrons. The van der Waals surface area contributed by atoms with Gasteiger partial charge in [0.05, 0.1) is 11.3 Å². The van der Waals surface area contributed by atoms with Gasteiger partial charge in [-0.2, -0.15) is 0 Å². The van der Waals surface area contributed by atoms with Gasteiger partial charge in [0, 0.05) is 13.1 Å². The maximum Gasteiger partial charge on any atom is 0.307 e. The predicted molar refractivity (Wildman–Crippen MR) is 95.3 cm³/mol. The van der Waals surface area contributed by atoms with Crippen LogP contribution in [-0.4, -0.2) is 35.0 Å². The second kappa shape index (κ2) is 5.86. The zero-order valence-corrected chi connectivity index (χ0v) is 15.0. The lowest BCUT2D eigenvalue weighted by atomic mass is 9.76. The summed E-state index contributed by atoms with van der Waals surface area (Å²) in [6.45, 7) is 3.52. The molecule has 2 aliphatic carbocycles. The summed E-state index contributed by atoms with van der Waals surface area (Å²) in [5, 5.41) is 9.25. The van der Waals surface area contributed by atoms with Crippen LogP contribution in [0, 0.1) is 18.3 Å². The smallest absolute Gasteiger partial charge is 0.307 e. The highest BCUT2D eigenvalue weighted by molar-refractivity contribution is 5.89. The molecule has 1 amide bonds. The number of benzene rings is 1. The molecule has 0 aromatic heterocycles. The van der Waals surface area contributed by atoms with Crippen LogP contribution in [0.4, 0.5) is 0 Å². The van der Waals surface area contributed by atoms with Crippen molar-refractivity contribution in [3.63, 3.8) is 0 Å². The SMILES string of the molecule is Cc1cccc(C2(C(=O)N3CCC4(CC3)CC4C(=O)O)CCCC2)c1. The Morgan fingerprint density at radius 1 is 1.12 bits per heavy atom. The van der Waals surface area contributed by atoms with Gasteiger partial charge in [-0.3, -0.25) is 9.59 Å². The molecule has 1 spiro atoms. The van der Waals surface area contributed by atoms with Crippen LogP contribution < -0.4 is 0 Å². The van der Waals surface area contributed by atoms with E-state index < -0.39 is 5.97 Å². The van der Waals surface area contributed by atoms with E-state index in [2.05, 4.69) is 31.2 Å². The first kappa shape index (κ1) is 16.6. The van der Waals surface area contributed by atoms with Crippen molar-refractivity contribution < 1.29 is 14.7 Å². The lowest BCUT2D eigenvalue weighted by Crippen LogP contribution is -2.49. The Balaban J connectivity index is 1.52. The number of rotatable bonds is 3. The van der Waals surface area contributed by atoms with E-state index >= 15 is 0 Å². The van der Waals surface area contributed by atoms with Crippen molar-refractivity contribution >= 4 is 11.9 Å². The zero-order chi connectivity index (χ0) is 17.7. The molecule has 1 atom stereocenters. The number of aliphatic carboxylic acids is 1. The molecule has 1 heterocycles. The minimum Gasteiger partial charge on any atom is -0.481 e. The molecule has 1 aromatic carbocycles. The predicted octanol–water partition coefficient (Wildman–Crippen LogP) is 3.52. The molecule has 4 heteroatoms. The fourth-order valence-corrected chi connectivity index (χ4v) is 5.25. The maximum atomic E-state index is 13.5. The molecule has 1 N–H and O–H groups in total. The molecule has 4 rings (SSSR count). The van der Waals surface area contributed by atoms with Crippen molar-refractivity contribution in [2.75, 3.05) is 13.1 Å². The van der Waals surface area contributed by atoms with Crippen LogP contribution in [0.15, 0.2) is 24.3 Å². The number of amides is 1. The topological polar surface area (TPSA) is 57.6 Å². The highest BCUT2D eigenvalue weighted by Gasteiger charge is 2.59. The van der Waals surface area contributed by atoms with Crippen LogP contribution in [0.5, 0.6) is 0 Å². The standard InChI is InChI=1S/C21H27NO3/c1-15-5-4-6-16(13-15)21(7-2-3-8-21)19(25)22-11-9-20(10-12-22)14-17(20)18(23)24/h4-6,13,17H,2-3,7-12,14H2,1H3,(H,23,24). The number of carboxylic acid groups (broad SMARTS) is 1. The third-order valence-electron chi connectivity index (χ3n) is 6.97. The molecule has 1 aromatic rings. The number of carbonyl (C=O) groups is 2. The molecule has 0 radical (unpaired) electrons. The molecule has 0 bridgehead atoms. The largest absolute Gasteiger partial charge is 0.481 e. The number of carbonyl (C=O) groups excluding carboxylic acids is 1. The minimum absolute atomic E-state index is 0.0191. The fraction of sp³-hybridized carbons (Fsp3) is 0.619. The molecule has 1 unspecified atom stereocenters. The summed E-state index contributed by atoms with van der Waals surface area (Å²) in [4.78, 5) is 26.8. The lowest BCUT2D eigenvalue weighted by Gasteiger charge is -2.39. The molecule has 3 aliphatic rings. The van der Waals surface area contributed by atoms with E-state index in [4.69, 9.17) is 0 Å². The van der Waals surface area contributed by atoms with Crippen LogP contribution in [-0.2, 0) is 15.0 Å². The first-order valence-corrected chi connectivity index (χ1v) is 9.56. The second-order valence-electron chi connectivity index (χ2n) is 8.41. The van der Waals surface area contributed by atoms with Gasteiger partial charge in [-0.15, -0.1) is 0 Å². The summed E-state index contributed by atoms with van der Waals surface area (Å²) in [6, 6.07) is 8.43. The van der Waals surface area contributed by atoms with Crippen molar-refractivity contribution in [1.82, 2.24) is 4.90 Å². The highest BCUT2D eigenvalue weighted by Crippen LogP contribution is 2.59. The lowest BCUT2D eigenvalue weighted by molar-refractivity contribution is -0.140. The molecule has 4 nitrogen and oxygen atoms in total. The Kier molecular flexibility index (Phi) is 3.89. The quantitative estimate of drug-likeness (QED) is 0.915. The van der Waals surface area contributed by atoms with E-state index in [1.807, 2.05) is 4.90 Å². The first-order chi connectivity index (χ1) is 12.0. The second-order valence-corrected chi connectivity index (χ2v) is 8.41. The van der Waals surface area contributed by atoms with Gasteiger partial charge in [-0.1, -0.05) is 42.7 Å². The van der Waals surface area contributed by atoms with Gasteiger partial charge >= 0.3 is 5.97 Å². The Morgan fingerprint density at radius 3 is 2.36 bits per heavy atom. The van der Waals surface area contributed by atoms with Gasteiger partial charge in [-0.25, -0.2) is 0 Å². The Labute approximate surface area is 149 Å². The minimum atomic E-state index is -0.660. The van der Waals surface area contributed by atoms with Crippen molar-refractivity contribution in [3.05, 3.63) is 35.4 Å². The van der Waals surface area contributed by atoms with Crippen LogP contribution in [0.1, 0.15) is 56.1 Å². The molecule has 1 saturated heterocycles. The maximum absolute atomic E-state index is 13.5. The number of hydrogen-bond acceptors (Lipinski definition) is 2. The molecule has 25 heavy (non-hydrogen) atoms. The number of carboxylic acids is 1. The van der Waals surface area contributed by atoms with Crippen molar-refractivity contribution in [3.8, 4) is 0 Å². The van der Waals surface area contributed by atoms with E-state index in [1.54, 1.807) is 0 Å². The van der Waals surface area contributed by atoms with E-state index in [0.717, 1.165) is 58.0 Å². The average molecular weight is 341 g/mol. The highest BCUT2D eigenvalue weighted by atomic mass is 16.4. The van der Waals surface area contributed by atoms with Crippen LogP contribution >= 0.6 is 0 Å². The Hall–Kier alpha value is -1.84. The van der Waals surface area contributed by atoms with Gasteiger partial charge in [-0.05, 0) is 50.0 Å². The average Bonchev–Trinajstić information content (AvgIpc) is 3.08. The third kappa shape index (κ3) is 2.66. The number of aryl methyl sites for hydroxylation is 1. The summed E-state index contributed by atoms with van der Waals surface area (Å²) in [6.07, 6.45) is 6.59. The van der Waals surface area contributed by atoms with Crippen molar-refractivity contribution in [2.45, 2.75) is 57.3 Å². The van der Waals surface area contributed by atoms with Gasteiger partial charge < -0.3 is 10.0 Å². The van der Waals surface area contributed by atoms with Gasteiger partial charge in [0.2, 0.25) is 5.91 Å². The van der Waals surface area contributed by atoms with Gasteiger partial charge in [0.1, 0.15) is 0 Å². The van der Waals surface area contributed by atoms with Gasteiger partial charge in [0.15, 0.2) is 0 Å². The third-order valence-corrected chi connectivity index (χ3v) is 6.97. The van der Waals surface area contributed by atoms with Crippen LogP contribution in [0.2, 0.25) is 0 Å². The molecule has 2 saturated carbocycles. The molecular weight excluding hydrogens is 314 g/mol. The summed E-state index contributed by atoms with van der Waals surface area (Å²) >= 11 is 0. The van der Waals surface area contributed by atoms with Crippen molar-refractivity contribution in [1.29, 1.82) is 0 Å². The van der Waals surface area contributed by atoms with E-state index in [-0.39, 0.29) is 22.7 Å². The Morgan fingerprint density at radius 2 is 1.80 bits per heavy atom. The summed E-state index contributed by atoms with van der Waals surface area (Å²) in [7, 11) is 0. The Bertz CT molecular complexity index is 697. The number of likely N-dealkylation sites (tertiary alicyclic amines) is 1. The molecule has 1 aliphatic heterocycles. The summed E-state index contributed by atoms with van der Waals surface area (Å²) in [5.74, 6) is -0.563. The van der Waals surface area contributed by atoms with Gasteiger partial charge in [0.25, 0.3) is 0 Å². The fourth-order valence-electron chi connectivity index (χ4n) is 5.25. The number of nitrogens with zero attached hydrogens (tertiary/aromatic N) is 1. The summed E-state index contributed by atoms with van der Waals surface area (Å²) in [5.41, 5.74) is 2.00. The number of hydrogen-bond donors (Lipinski definition) is 1. The number of piperidine rings is 1. The van der Waals surface area contributed by atoms with Crippen molar-refractivity contribution in [2.24, 2.45) is 11.3 Å². The first-order valence-electron chi connectivity index (χ1n) is 9.56.